The highest BCUT2D eigenvalue weighted by Gasteiger charge is 2.36. The fourth-order valence-electron chi connectivity index (χ4n) is 2.75. The standard InChI is InChI=1S/C18H29NO3Si/c1-18(2,3)23(4,5)22-13-7-9-14-8-6-10-16-15(14)11-12-19(16)17(20)21/h6,8,10H,7,9,11-13H2,1-5H3,(H,20,21). The number of amides is 1. The van der Waals surface area contributed by atoms with Gasteiger partial charge < -0.3 is 9.53 Å². The molecule has 1 aliphatic heterocycles. The van der Waals surface area contributed by atoms with Gasteiger partial charge in [0.1, 0.15) is 0 Å². The van der Waals surface area contributed by atoms with Gasteiger partial charge in [-0.25, -0.2) is 4.79 Å². The first-order chi connectivity index (χ1) is 10.6. The summed E-state index contributed by atoms with van der Waals surface area (Å²) in [6, 6.07) is 5.99. The molecule has 5 heteroatoms. The van der Waals surface area contributed by atoms with Crippen molar-refractivity contribution in [1.82, 2.24) is 0 Å². The molecular weight excluding hydrogens is 306 g/mol. The molecule has 0 fully saturated rings. The first-order valence-electron chi connectivity index (χ1n) is 8.39. The molecule has 1 amide bonds. The molecule has 1 N–H and O–H groups in total. The summed E-state index contributed by atoms with van der Waals surface area (Å²) in [5.74, 6) is 0. The van der Waals surface area contributed by atoms with Gasteiger partial charge in [0.2, 0.25) is 0 Å². The Bertz CT molecular complexity index is 578. The largest absolute Gasteiger partial charge is 0.465 e. The molecule has 0 aromatic heterocycles. The maximum Gasteiger partial charge on any atom is 0.411 e. The predicted molar refractivity (Wildman–Crippen MR) is 97.0 cm³/mol. The molecule has 4 nitrogen and oxygen atoms in total. The molecule has 0 saturated heterocycles. The van der Waals surface area contributed by atoms with Crippen LogP contribution in [-0.2, 0) is 17.3 Å². The average molecular weight is 336 g/mol. The van der Waals surface area contributed by atoms with E-state index in [0.717, 1.165) is 31.6 Å². The lowest BCUT2D eigenvalue weighted by molar-refractivity contribution is 0.202. The summed E-state index contributed by atoms with van der Waals surface area (Å²) in [7, 11) is -1.68. The van der Waals surface area contributed by atoms with Crippen molar-refractivity contribution in [3.8, 4) is 0 Å². The summed E-state index contributed by atoms with van der Waals surface area (Å²) < 4.78 is 6.23. The van der Waals surface area contributed by atoms with Crippen LogP contribution in [0.4, 0.5) is 10.5 Å². The summed E-state index contributed by atoms with van der Waals surface area (Å²) in [5, 5.41) is 9.48. The lowest BCUT2D eigenvalue weighted by Crippen LogP contribution is -2.41. The first kappa shape index (κ1) is 18.0. The van der Waals surface area contributed by atoms with E-state index in [-0.39, 0.29) is 5.04 Å². The van der Waals surface area contributed by atoms with Crippen LogP contribution in [0.15, 0.2) is 18.2 Å². The number of anilines is 1. The van der Waals surface area contributed by atoms with Gasteiger partial charge in [-0.1, -0.05) is 32.9 Å². The topological polar surface area (TPSA) is 49.8 Å². The summed E-state index contributed by atoms with van der Waals surface area (Å²) in [6.45, 7) is 12.7. The molecule has 1 aromatic carbocycles. The first-order valence-corrected chi connectivity index (χ1v) is 11.3. The Morgan fingerprint density at radius 2 is 2.04 bits per heavy atom. The number of carboxylic acid groups (broad SMARTS) is 1. The SMILES string of the molecule is CC(C)(C)[Si](C)(C)OCCCc1cccc2c1CCN2C(=O)O. The number of hydrogen-bond donors (Lipinski definition) is 1. The molecule has 0 saturated carbocycles. The molecule has 0 atom stereocenters. The zero-order valence-electron chi connectivity index (χ0n) is 15.0. The van der Waals surface area contributed by atoms with Crippen LogP contribution >= 0.6 is 0 Å². The molecule has 0 bridgehead atoms. The highest BCUT2D eigenvalue weighted by molar-refractivity contribution is 6.74. The smallest absolute Gasteiger partial charge is 0.411 e. The molecule has 23 heavy (non-hydrogen) atoms. The van der Waals surface area contributed by atoms with Crippen molar-refractivity contribution in [2.24, 2.45) is 0 Å². The minimum absolute atomic E-state index is 0.239. The van der Waals surface area contributed by atoms with Crippen LogP contribution in [0.3, 0.4) is 0 Å². The Morgan fingerprint density at radius 1 is 1.35 bits per heavy atom. The Morgan fingerprint density at radius 3 is 2.65 bits per heavy atom. The maximum absolute atomic E-state index is 11.3. The van der Waals surface area contributed by atoms with E-state index in [4.69, 9.17) is 4.43 Å². The summed E-state index contributed by atoms with van der Waals surface area (Å²) >= 11 is 0. The number of hydrogen-bond acceptors (Lipinski definition) is 2. The molecule has 1 aliphatic rings. The molecule has 0 radical (unpaired) electrons. The number of aryl methyl sites for hydroxylation is 1. The second-order valence-corrected chi connectivity index (χ2v) is 12.6. The van der Waals surface area contributed by atoms with Crippen LogP contribution in [-0.4, -0.2) is 32.7 Å². The van der Waals surface area contributed by atoms with E-state index in [0.29, 0.717) is 6.54 Å². The maximum atomic E-state index is 11.3. The van der Waals surface area contributed by atoms with Crippen LogP contribution in [0.2, 0.25) is 18.1 Å². The lowest BCUT2D eigenvalue weighted by Gasteiger charge is -2.36. The molecule has 0 aliphatic carbocycles. The van der Waals surface area contributed by atoms with Gasteiger partial charge in [0.25, 0.3) is 0 Å². The number of benzene rings is 1. The van der Waals surface area contributed by atoms with Crippen molar-refractivity contribution in [2.45, 2.75) is 58.2 Å². The van der Waals surface area contributed by atoms with Crippen LogP contribution in [0.25, 0.3) is 0 Å². The van der Waals surface area contributed by atoms with Gasteiger partial charge >= 0.3 is 6.09 Å². The van der Waals surface area contributed by atoms with Crippen molar-refractivity contribution < 1.29 is 14.3 Å². The summed E-state index contributed by atoms with van der Waals surface area (Å²) in [4.78, 5) is 12.7. The van der Waals surface area contributed by atoms with Gasteiger partial charge in [0, 0.05) is 13.2 Å². The van der Waals surface area contributed by atoms with E-state index in [1.165, 1.54) is 16.0 Å². The van der Waals surface area contributed by atoms with Crippen LogP contribution in [0.5, 0.6) is 0 Å². The molecule has 1 heterocycles. The van der Waals surface area contributed by atoms with Crippen LogP contribution in [0.1, 0.15) is 38.3 Å². The lowest BCUT2D eigenvalue weighted by atomic mass is 10.0. The van der Waals surface area contributed by atoms with Crippen LogP contribution < -0.4 is 4.90 Å². The Kier molecular flexibility index (Phi) is 5.21. The zero-order valence-corrected chi connectivity index (χ0v) is 16.0. The molecule has 128 valence electrons. The van der Waals surface area contributed by atoms with Crippen molar-refractivity contribution >= 4 is 20.1 Å². The Labute approximate surface area is 140 Å². The van der Waals surface area contributed by atoms with Gasteiger partial charge in [-0.3, -0.25) is 4.90 Å². The van der Waals surface area contributed by atoms with Crippen molar-refractivity contribution in [3.63, 3.8) is 0 Å². The highest BCUT2D eigenvalue weighted by Crippen LogP contribution is 2.36. The minimum atomic E-state index is -1.68. The third-order valence-corrected chi connectivity index (χ3v) is 9.75. The van der Waals surface area contributed by atoms with E-state index in [9.17, 15) is 9.90 Å². The minimum Gasteiger partial charge on any atom is -0.465 e. The van der Waals surface area contributed by atoms with Crippen molar-refractivity contribution in [2.75, 3.05) is 18.1 Å². The summed E-state index contributed by atoms with van der Waals surface area (Å²) in [5.41, 5.74) is 3.33. The number of rotatable bonds is 5. The van der Waals surface area contributed by atoms with E-state index < -0.39 is 14.4 Å². The van der Waals surface area contributed by atoms with E-state index >= 15 is 0 Å². The number of fused-ring (bicyclic) bond motifs is 1. The van der Waals surface area contributed by atoms with Gasteiger partial charge in [0.05, 0.1) is 5.69 Å². The predicted octanol–water partition coefficient (Wildman–Crippen LogP) is 4.68. The van der Waals surface area contributed by atoms with Gasteiger partial charge in [-0.15, -0.1) is 0 Å². The normalized spacial score (nSPS) is 14.9. The second kappa shape index (κ2) is 6.65. The van der Waals surface area contributed by atoms with Gasteiger partial charge in [-0.05, 0) is 54.6 Å². The third-order valence-electron chi connectivity index (χ3n) is 5.21. The fourth-order valence-corrected chi connectivity index (χ4v) is 3.83. The van der Waals surface area contributed by atoms with Crippen LogP contribution in [0, 0.1) is 0 Å². The van der Waals surface area contributed by atoms with E-state index in [1.54, 1.807) is 0 Å². The molecule has 0 unspecified atom stereocenters. The van der Waals surface area contributed by atoms with Crippen molar-refractivity contribution in [3.05, 3.63) is 29.3 Å². The monoisotopic (exact) mass is 335 g/mol. The average Bonchev–Trinajstić information content (AvgIpc) is 2.87. The van der Waals surface area contributed by atoms with Gasteiger partial charge in [-0.2, -0.15) is 0 Å². The number of nitrogens with zero attached hydrogens (tertiary/aromatic N) is 1. The number of carbonyl (C=O) groups is 1. The fraction of sp³-hybridized carbons (Fsp3) is 0.611. The molecular formula is C18H29NO3Si. The molecule has 0 spiro atoms. The zero-order chi connectivity index (χ0) is 17.3. The summed E-state index contributed by atoms with van der Waals surface area (Å²) in [6.07, 6.45) is 1.89. The third kappa shape index (κ3) is 3.96. The molecule has 1 aromatic rings. The van der Waals surface area contributed by atoms with E-state index in [1.807, 2.05) is 12.1 Å². The Hall–Kier alpha value is -1.33. The quantitative estimate of drug-likeness (QED) is 0.628. The molecule has 2 rings (SSSR count). The van der Waals surface area contributed by atoms with E-state index in [2.05, 4.69) is 39.9 Å². The second-order valence-electron chi connectivity index (χ2n) is 7.81. The Balaban J connectivity index is 1.95. The highest BCUT2D eigenvalue weighted by atomic mass is 28.4. The van der Waals surface area contributed by atoms with Crippen molar-refractivity contribution in [1.29, 1.82) is 0 Å². The van der Waals surface area contributed by atoms with Gasteiger partial charge in [0.15, 0.2) is 8.32 Å².